The van der Waals surface area contributed by atoms with Gasteiger partial charge >= 0.3 is 5.69 Å². The van der Waals surface area contributed by atoms with E-state index in [4.69, 9.17) is 11.6 Å². The molecule has 2 aromatic rings. The van der Waals surface area contributed by atoms with Crippen molar-refractivity contribution in [1.82, 2.24) is 4.98 Å². The fourth-order valence-electron chi connectivity index (χ4n) is 1.48. The summed E-state index contributed by atoms with van der Waals surface area (Å²) in [5.74, 6) is 0.0380. The van der Waals surface area contributed by atoms with Crippen LogP contribution in [0.15, 0.2) is 35.6 Å². The van der Waals surface area contributed by atoms with Gasteiger partial charge in [-0.15, -0.1) is 0 Å². The lowest BCUT2D eigenvalue weighted by molar-refractivity contribution is -0.384. The first-order chi connectivity index (χ1) is 9.99. The maximum absolute atomic E-state index is 10.8. The molecule has 0 atom stereocenters. The number of phenolic OH excluding ortho intramolecular Hbond substituents is 1. The number of aromatic nitrogens is 1. The molecule has 1 aromatic carbocycles. The van der Waals surface area contributed by atoms with Crippen LogP contribution >= 0.6 is 34.2 Å². The molecule has 7 nitrogen and oxygen atoms in total. The quantitative estimate of drug-likeness (QED) is 0.343. The second kappa shape index (κ2) is 6.68. The summed E-state index contributed by atoms with van der Waals surface area (Å²) in [7, 11) is 0. The first-order valence-electron chi connectivity index (χ1n) is 5.55. The van der Waals surface area contributed by atoms with Crippen molar-refractivity contribution in [2.45, 2.75) is 0 Å². The van der Waals surface area contributed by atoms with Gasteiger partial charge in [0.2, 0.25) is 5.82 Å². The first kappa shape index (κ1) is 15.4. The number of aromatic hydroxyl groups is 1. The predicted octanol–water partition coefficient (Wildman–Crippen LogP) is 3.40. The minimum atomic E-state index is -0.565. The minimum absolute atomic E-state index is 0.00923. The van der Waals surface area contributed by atoms with E-state index in [-0.39, 0.29) is 17.3 Å². The lowest BCUT2D eigenvalue weighted by Gasteiger charge is -2.03. The van der Waals surface area contributed by atoms with E-state index in [0.29, 0.717) is 14.2 Å². The van der Waals surface area contributed by atoms with Crippen LogP contribution in [0, 0.1) is 13.7 Å². The molecule has 0 amide bonds. The van der Waals surface area contributed by atoms with E-state index in [0.717, 1.165) is 0 Å². The molecule has 21 heavy (non-hydrogen) atoms. The van der Waals surface area contributed by atoms with E-state index in [1.54, 1.807) is 6.07 Å². The topological polar surface area (TPSA) is 101 Å². The summed E-state index contributed by atoms with van der Waals surface area (Å²) >= 11 is 7.82. The predicted molar refractivity (Wildman–Crippen MR) is 87.9 cm³/mol. The highest BCUT2D eigenvalue weighted by atomic mass is 127. The van der Waals surface area contributed by atoms with Crippen molar-refractivity contribution in [1.29, 1.82) is 0 Å². The van der Waals surface area contributed by atoms with E-state index in [1.807, 2.05) is 22.6 Å². The average molecular weight is 419 g/mol. The molecule has 0 fully saturated rings. The van der Waals surface area contributed by atoms with Gasteiger partial charge in [-0.2, -0.15) is 5.10 Å². The van der Waals surface area contributed by atoms with E-state index < -0.39 is 4.92 Å². The zero-order valence-corrected chi connectivity index (χ0v) is 13.2. The van der Waals surface area contributed by atoms with Gasteiger partial charge < -0.3 is 5.11 Å². The third kappa shape index (κ3) is 3.79. The molecule has 1 aromatic heterocycles. The Balaban J connectivity index is 2.23. The maximum Gasteiger partial charge on any atom is 0.313 e. The van der Waals surface area contributed by atoms with Crippen LogP contribution in [0.3, 0.4) is 0 Å². The van der Waals surface area contributed by atoms with Crippen molar-refractivity contribution in [3.63, 3.8) is 0 Å². The third-order valence-corrected chi connectivity index (χ3v) is 3.46. The number of hydrogen-bond donors (Lipinski definition) is 2. The van der Waals surface area contributed by atoms with E-state index >= 15 is 0 Å². The van der Waals surface area contributed by atoms with Crippen LogP contribution in [0.5, 0.6) is 5.75 Å². The largest absolute Gasteiger partial charge is 0.506 e. The number of nitro groups is 1. The molecule has 2 N–H and O–H groups in total. The highest BCUT2D eigenvalue weighted by molar-refractivity contribution is 14.1. The van der Waals surface area contributed by atoms with Crippen molar-refractivity contribution in [2.24, 2.45) is 5.10 Å². The van der Waals surface area contributed by atoms with Crippen LogP contribution in [0.1, 0.15) is 5.56 Å². The number of rotatable bonds is 4. The number of phenols is 1. The normalized spacial score (nSPS) is 10.8. The molecule has 0 radical (unpaired) electrons. The van der Waals surface area contributed by atoms with Crippen LogP contribution < -0.4 is 5.43 Å². The smallest absolute Gasteiger partial charge is 0.313 e. The Bertz CT molecular complexity index is 724. The fraction of sp³-hybridized carbons (Fsp3) is 0. The molecule has 0 aliphatic carbocycles. The van der Waals surface area contributed by atoms with Crippen molar-refractivity contribution in [3.05, 3.63) is 54.7 Å². The molecule has 2 rings (SSSR count). The molecular formula is C12H8ClIN4O3. The van der Waals surface area contributed by atoms with Crippen LogP contribution in [0.2, 0.25) is 5.02 Å². The molecule has 9 heteroatoms. The van der Waals surface area contributed by atoms with Gasteiger partial charge in [-0.25, -0.2) is 4.98 Å². The summed E-state index contributed by atoms with van der Waals surface area (Å²) in [6, 6.07) is 5.89. The Kier molecular flexibility index (Phi) is 4.91. The van der Waals surface area contributed by atoms with Crippen molar-refractivity contribution in [2.75, 3.05) is 5.43 Å². The van der Waals surface area contributed by atoms with Gasteiger partial charge in [0.1, 0.15) is 5.75 Å². The highest BCUT2D eigenvalue weighted by Crippen LogP contribution is 2.27. The molecular weight excluding hydrogens is 411 g/mol. The first-order valence-corrected chi connectivity index (χ1v) is 7.01. The number of nitrogens with one attached hydrogen (secondary N) is 1. The number of pyridine rings is 1. The number of halogens is 2. The second-order valence-electron chi connectivity index (χ2n) is 3.82. The number of anilines is 1. The fourth-order valence-corrected chi connectivity index (χ4v) is 2.54. The summed E-state index contributed by atoms with van der Waals surface area (Å²) in [5.41, 5.74) is 2.66. The van der Waals surface area contributed by atoms with Gasteiger partial charge in [0, 0.05) is 22.8 Å². The second-order valence-corrected chi connectivity index (χ2v) is 5.42. The Morgan fingerprint density at radius 1 is 1.52 bits per heavy atom. The average Bonchev–Trinajstić information content (AvgIpc) is 2.44. The third-order valence-electron chi connectivity index (χ3n) is 2.41. The number of hydrogen-bond acceptors (Lipinski definition) is 6. The van der Waals surface area contributed by atoms with Crippen molar-refractivity contribution >= 4 is 51.9 Å². The highest BCUT2D eigenvalue weighted by Gasteiger charge is 2.13. The Morgan fingerprint density at radius 3 is 3.00 bits per heavy atom. The van der Waals surface area contributed by atoms with Crippen LogP contribution in [-0.2, 0) is 0 Å². The van der Waals surface area contributed by atoms with Crippen LogP contribution in [0.25, 0.3) is 0 Å². The molecule has 1 heterocycles. The lowest BCUT2D eigenvalue weighted by Crippen LogP contribution is -1.99. The molecule has 0 saturated heterocycles. The van der Waals surface area contributed by atoms with Crippen molar-refractivity contribution in [3.8, 4) is 5.75 Å². The number of hydrazone groups is 1. The molecule has 0 aliphatic heterocycles. The maximum atomic E-state index is 10.8. The van der Waals surface area contributed by atoms with Gasteiger partial charge in [-0.1, -0.05) is 11.6 Å². The lowest BCUT2D eigenvalue weighted by atomic mass is 10.2. The van der Waals surface area contributed by atoms with Gasteiger partial charge in [-0.3, -0.25) is 15.5 Å². The van der Waals surface area contributed by atoms with Gasteiger partial charge in [0.15, 0.2) is 0 Å². The van der Waals surface area contributed by atoms with Crippen molar-refractivity contribution < 1.29 is 10.0 Å². The standard InChI is InChI=1S/C12H8ClIN4O3/c13-8-4-7(11(19)9(14)5-8)6-16-17-12-10(18(20)21)2-1-3-15-12/h1-6,19H,(H,15,17)/b16-6-. The van der Waals surface area contributed by atoms with Gasteiger partial charge in [-0.05, 0) is 40.8 Å². The SMILES string of the molecule is O=[N+]([O-])c1cccnc1N/N=C\c1cc(Cl)cc(I)c1O. The summed E-state index contributed by atoms with van der Waals surface area (Å²) in [4.78, 5) is 14.1. The zero-order chi connectivity index (χ0) is 15.4. The molecule has 0 unspecified atom stereocenters. The Hall–Kier alpha value is -1.94. The van der Waals surface area contributed by atoms with E-state index in [2.05, 4.69) is 15.5 Å². The molecule has 0 bridgehead atoms. The van der Waals surface area contributed by atoms with Gasteiger partial charge in [0.05, 0.1) is 14.7 Å². The van der Waals surface area contributed by atoms with Gasteiger partial charge in [0.25, 0.3) is 0 Å². The Labute approximate surface area is 138 Å². The molecule has 0 spiro atoms. The zero-order valence-electron chi connectivity index (χ0n) is 10.3. The summed E-state index contributed by atoms with van der Waals surface area (Å²) in [6.45, 7) is 0. The number of nitrogens with zero attached hydrogens (tertiary/aromatic N) is 3. The Morgan fingerprint density at radius 2 is 2.29 bits per heavy atom. The van der Waals surface area contributed by atoms with Crippen LogP contribution in [0.4, 0.5) is 11.5 Å². The van der Waals surface area contributed by atoms with E-state index in [1.165, 1.54) is 30.6 Å². The summed E-state index contributed by atoms with van der Waals surface area (Å²) < 4.78 is 0.574. The molecule has 0 saturated carbocycles. The summed E-state index contributed by atoms with van der Waals surface area (Å²) in [5, 5.41) is 24.9. The molecule has 0 aliphatic rings. The van der Waals surface area contributed by atoms with Crippen LogP contribution in [-0.4, -0.2) is 21.2 Å². The monoisotopic (exact) mass is 418 g/mol. The molecule has 108 valence electrons. The number of benzene rings is 1. The summed E-state index contributed by atoms with van der Waals surface area (Å²) in [6.07, 6.45) is 2.71. The minimum Gasteiger partial charge on any atom is -0.506 e. The van der Waals surface area contributed by atoms with E-state index in [9.17, 15) is 15.2 Å².